The summed E-state index contributed by atoms with van der Waals surface area (Å²) in [7, 11) is 0. The molecule has 136 valence electrons. The molecule has 3 aromatic rings. The molecule has 0 aliphatic heterocycles. The van der Waals surface area contributed by atoms with Crippen LogP contribution in [0.3, 0.4) is 0 Å². The van der Waals surface area contributed by atoms with Gasteiger partial charge >= 0.3 is 6.03 Å². The van der Waals surface area contributed by atoms with Gasteiger partial charge in [-0.25, -0.2) is 24.7 Å². The number of nitrogens with zero attached hydrogens (tertiary/aromatic N) is 5. The van der Waals surface area contributed by atoms with Crippen molar-refractivity contribution in [3.63, 3.8) is 0 Å². The van der Waals surface area contributed by atoms with Gasteiger partial charge in [0.25, 0.3) is 0 Å². The van der Waals surface area contributed by atoms with E-state index < -0.39 is 0 Å². The zero-order valence-electron chi connectivity index (χ0n) is 15.5. The van der Waals surface area contributed by atoms with E-state index >= 15 is 0 Å². The predicted octanol–water partition coefficient (Wildman–Crippen LogP) is 4.12. The third-order valence-electron chi connectivity index (χ3n) is 4.66. The van der Waals surface area contributed by atoms with Gasteiger partial charge < -0.3 is 0 Å². The number of carbonyl (C=O) groups is 1. The third kappa shape index (κ3) is 3.50. The number of carbonyl (C=O) groups excluding carboxylic acids is 1. The fraction of sp³-hybridized carbons (Fsp3) is 0.389. The highest BCUT2D eigenvalue weighted by Gasteiger charge is 2.28. The summed E-state index contributed by atoms with van der Waals surface area (Å²) in [5, 5.41) is 3.31. The molecule has 0 fully saturated rings. The molecule has 26 heavy (non-hydrogen) atoms. The van der Waals surface area contributed by atoms with Crippen LogP contribution in [0.5, 0.6) is 0 Å². The van der Waals surface area contributed by atoms with E-state index in [1.54, 1.807) is 18.6 Å². The van der Waals surface area contributed by atoms with Gasteiger partial charge in [0.2, 0.25) is 0 Å². The fourth-order valence-corrected chi connectivity index (χ4v) is 3.20. The number of anilines is 1. The van der Waals surface area contributed by atoms with E-state index in [1.165, 1.54) is 22.2 Å². The van der Waals surface area contributed by atoms with Crippen LogP contribution in [0.15, 0.2) is 31.0 Å². The van der Waals surface area contributed by atoms with E-state index in [1.807, 2.05) is 13.0 Å². The van der Waals surface area contributed by atoms with Crippen molar-refractivity contribution in [2.24, 2.45) is 5.92 Å². The molecule has 7 nitrogen and oxygen atoms in total. The van der Waals surface area contributed by atoms with Crippen LogP contribution in [0.25, 0.3) is 10.6 Å². The van der Waals surface area contributed by atoms with E-state index in [-0.39, 0.29) is 11.4 Å². The Morgan fingerprint density at radius 1 is 1.27 bits per heavy atom. The van der Waals surface area contributed by atoms with E-state index in [4.69, 9.17) is 4.98 Å². The van der Waals surface area contributed by atoms with Gasteiger partial charge in [-0.3, -0.25) is 9.88 Å². The molecule has 0 bridgehead atoms. The molecule has 1 amide bonds. The first kappa shape index (κ1) is 18.2. The number of thiazole rings is 1. The Labute approximate surface area is 156 Å². The highest BCUT2D eigenvalue weighted by atomic mass is 32.1. The molecule has 3 aromatic heterocycles. The van der Waals surface area contributed by atoms with Crippen molar-refractivity contribution in [3.05, 3.63) is 42.5 Å². The van der Waals surface area contributed by atoms with Crippen LogP contribution in [0.1, 0.15) is 39.2 Å². The minimum absolute atomic E-state index is 0.132. The maximum Gasteiger partial charge on any atom is 0.333 e. The second kappa shape index (κ2) is 6.95. The smallest absolute Gasteiger partial charge is 0.283 e. The topological polar surface area (TPSA) is 85.6 Å². The number of aryl methyl sites for hydroxylation is 1. The van der Waals surface area contributed by atoms with E-state index in [9.17, 15) is 4.79 Å². The zero-order valence-corrected chi connectivity index (χ0v) is 16.3. The molecule has 0 saturated carbocycles. The minimum Gasteiger partial charge on any atom is -0.283 e. The highest BCUT2D eigenvalue weighted by Crippen LogP contribution is 2.34. The van der Waals surface area contributed by atoms with E-state index in [2.05, 4.69) is 48.0 Å². The first-order valence-electron chi connectivity index (χ1n) is 8.39. The van der Waals surface area contributed by atoms with E-state index in [0.29, 0.717) is 11.0 Å². The molecule has 8 heteroatoms. The number of imidazole rings is 1. The first-order valence-corrected chi connectivity index (χ1v) is 9.21. The molecule has 0 atom stereocenters. The summed E-state index contributed by atoms with van der Waals surface area (Å²) < 4.78 is 1.37. The van der Waals surface area contributed by atoms with Crippen molar-refractivity contribution in [3.8, 4) is 10.6 Å². The van der Waals surface area contributed by atoms with Crippen molar-refractivity contribution in [2.75, 3.05) is 5.32 Å². The molecule has 0 spiro atoms. The lowest BCUT2D eigenvalue weighted by Crippen LogP contribution is -2.27. The third-order valence-corrected chi connectivity index (χ3v) is 5.75. The maximum atomic E-state index is 12.1. The maximum absolute atomic E-state index is 12.1. The van der Waals surface area contributed by atoms with Crippen LogP contribution in [0.2, 0.25) is 0 Å². The quantitative estimate of drug-likeness (QED) is 0.746. The van der Waals surface area contributed by atoms with Gasteiger partial charge in [-0.2, -0.15) is 0 Å². The van der Waals surface area contributed by atoms with Gasteiger partial charge in [-0.15, -0.1) is 0 Å². The van der Waals surface area contributed by atoms with Crippen molar-refractivity contribution in [1.82, 2.24) is 24.5 Å². The number of rotatable bonds is 4. The Morgan fingerprint density at radius 3 is 2.69 bits per heavy atom. The average Bonchev–Trinajstić information content (AvgIpc) is 3.24. The molecular weight excluding hydrogens is 348 g/mol. The standard InChI is InChI=1S/C18H22N6OS/c1-11(2)18(4,5)15-20-7-6-13(22-15)14-12(3)21-16(26-14)23-17(25)24-9-8-19-10-24/h6-11H,1-5H3,(H,21,23,25). The van der Waals surface area contributed by atoms with Crippen molar-refractivity contribution >= 4 is 22.5 Å². The van der Waals surface area contributed by atoms with Gasteiger partial charge in [0.1, 0.15) is 12.2 Å². The molecule has 0 unspecified atom stereocenters. The van der Waals surface area contributed by atoms with Gasteiger partial charge in [0, 0.05) is 24.0 Å². The highest BCUT2D eigenvalue weighted by molar-refractivity contribution is 7.19. The summed E-state index contributed by atoms with van der Waals surface area (Å²) in [4.78, 5) is 30.6. The van der Waals surface area contributed by atoms with Crippen molar-refractivity contribution < 1.29 is 4.79 Å². The molecule has 3 heterocycles. The Kier molecular flexibility index (Phi) is 4.86. The first-order chi connectivity index (χ1) is 12.3. The van der Waals surface area contributed by atoms with Crippen LogP contribution >= 0.6 is 11.3 Å². The van der Waals surface area contributed by atoms with Gasteiger partial charge in [0.15, 0.2) is 5.13 Å². The zero-order chi connectivity index (χ0) is 18.9. The SMILES string of the molecule is Cc1nc(NC(=O)n2ccnc2)sc1-c1ccnc(C(C)(C)C(C)C)n1. The lowest BCUT2D eigenvalue weighted by Gasteiger charge is -2.27. The summed E-state index contributed by atoms with van der Waals surface area (Å²) in [5.74, 6) is 1.21. The molecule has 3 rings (SSSR count). The Balaban J connectivity index is 1.89. The second-order valence-corrected chi connectivity index (χ2v) is 7.97. The van der Waals surface area contributed by atoms with Crippen molar-refractivity contribution in [2.45, 2.75) is 40.0 Å². The largest absolute Gasteiger partial charge is 0.333 e. The summed E-state index contributed by atoms with van der Waals surface area (Å²) in [6.07, 6.45) is 6.37. The second-order valence-electron chi connectivity index (χ2n) is 6.98. The number of aromatic nitrogens is 5. The van der Waals surface area contributed by atoms with Crippen LogP contribution in [0.4, 0.5) is 9.93 Å². The van der Waals surface area contributed by atoms with Crippen LogP contribution in [0, 0.1) is 12.8 Å². The molecule has 0 saturated heterocycles. The summed E-state index contributed by atoms with van der Waals surface area (Å²) in [6.45, 7) is 10.5. The Morgan fingerprint density at radius 2 is 2.04 bits per heavy atom. The van der Waals surface area contributed by atoms with Gasteiger partial charge in [0.05, 0.1) is 16.3 Å². The summed E-state index contributed by atoms with van der Waals surface area (Å²) in [6, 6.07) is 1.58. The summed E-state index contributed by atoms with van der Waals surface area (Å²) >= 11 is 1.40. The molecule has 0 aliphatic rings. The number of amides is 1. The number of hydrogen-bond donors (Lipinski definition) is 1. The normalized spacial score (nSPS) is 11.8. The Bertz CT molecular complexity index is 914. The molecular formula is C18H22N6OS. The van der Waals surface area contributed by atoms with Crippen molar-refractivity contribution in [1.29, 1.82) is 0 Å². The van der Waals surface area contributed by atoms with Crippen LogP contribution in [-0.2, 0) is 5.41 Å². The average molecular weight is 370 g/mol. The lowest BCUT2D eigenvalue weighted by atomic mass is 9.80. The van der Waals surface area contributed by atoms with E-state index in [0.717, 1.165) is 22.1 Å². The van der Waals surface area contributed by atoms with Gasteiger partial charge in [-0.1, -0.05) is 39.0 Å². The minimum atomic E-state index is -0.299. The predicted molar refractivity (Wildman–Crippen MR) is 102 cm³/mol. The van der Waals surface area contributed by atoms with Gasteiger partial charge in [-0.05, 0) is 18.9 Å². The molecule has 0 aliphatic carbocycles. The molecule has 0 aromatic carbocycles. The number of hydrogen-bond acceptors (Lipinski definition) is 6. The fourth-order valence-electron chi connectivity index (χ4n) is 2.28. The van der Waals surface area contributed by atoms with Crippen LogP contribution in [-0.4, -0.2) is 30.5 Å². The van der Waals surface area contributed by atoms with Crippen LogP contribution < -0.4 is 5.32 Å². The number of nitrogens with one attached hydrogen (secondary N) is 1. The lowest BCUT2D eigenvalue weighted by molar-refractivity contribution is 0.253. The summed E-state index contributed by atoms with van der Waals surface area (Å²) in [5.41, 5.74) is 1.51. The molecule has 1 N–H and O–H groups in total. The molecule has 0 radical (unpaired) electrons. The Hall–Kier alpha value is -2.61. The monoisotopic (exact) mass is 370 g/mol.